The van der Waals surface area contributed by atoms with Gasteiger partial charge in [0.25, 0.3) is 0 Å². The predicted octanol–water partition coefficient (Wildman–Crippen LogP) is 0.553. The first-order valence-corrected chi connectivity index (χ1v) is 6.30. The van der Waals surface area contributed by atoms with Crippen LogP contribution in [0.2, 0.25) is 0 Å². The number of fused-ring (bicyclic) bond motifs is 2. The second-order valence-corrected chi connectivity index (χ2v) is 5.85. The normalized spacial score (nSPS) is 46.2. The van der Waals surface area contributed by atoms with E-state index in [1.54, 1.807) is 0 Å². The largest absolute Gasteiger partial charge is 0.379 e. The van der Waals surface area contributed by atoms with E-state index in [2.05, 4.69) is 5.32 Å². The van der Waals surface area contributed by atoms with E-state index in [9.17, 15) is 4.79 Å². The van der Waals surface area contributed by atoms with Crippen molar-refractivity contribution in [3.8, 4) is 0 Å². The molecule has 1 saturated heterocycles. The highest BCUT2D eigenvalue weighted by molar-refractivity contribution is 5.84. The lowest BCUT2D eigenvalue weighted by Gasteiger charge is -2.26. The Morgan fingerprint density at radius 2 is 2.06 bits per heavy atom. The quantitative estimate of drug-likeness (QED) is 0.720. The van der Waals surface area contributed by atoms with E-state index >= 15 is 0 Å². The second-order valence-electron chi connectivity index (χ2n) is 5.85. The lowest BCUT2D eigenvalue weighted by atomic mass is 9.83. The van der Waals surface area contributed by atoms with Gasteiger partial charge in [-0.15, -0.1) is 0 Å². The van der Waals surface area contributed by atoms with Gasteiger partial charge in [0.2, 0.25) is 5.91 Å². The summed E-state index contributed by atoms with van der Waals surface area (Å²) >= 11 is 0. The molecule has 1 atom stereocenters. The molecule has 1 aliphatic heterocycles. The van der Waals surface area contributed by atoms with Crippen LogP contribution in [0.3, 0.4) is 0 Å². The van der Waals surface area contributed by atoms with E-state index in [1.165, 1.54) is 0 Å². The number of rotatable bonds is 2. The molecule has 2 bridgehead atoms. The van der Waals surface area contributed by atoms with Crippen molar-refractivity contribution in [3.05, 3.63) is 0 Å². The van der Waals surface area contributed by atoms with Crippen LogP contribution in [-0.4, -0.2) is 30.7 Å². The van der Waals surface area contributed by atoms with Crippen LogP contribution in [0.5, 0.6) is 0 Å². The third-order valence-corrected chi connectivity index (χ3v) is 4.64. The van der Waals surface area contributed by atoms with E-state index < -0.39 is 0 Å². The minimum absolute atomic E-state index is 0.0382. The molecule has 0 spiro atoms. The number of carbonyl (C=O) groups is 1. The maximum atomic E-state index is 12.3. The molecule has 2 aliphatic carbocycles. The summed E-state index contributed by atoms with van der Waals surface area (Å²) in [4.78, 5) is 12.3. The molecule has 3 N–H and O–H groups in total. The van der Waals surface area contributed by atoms with Crippen molar-refractivity contribution in [2.24, 2.45) is 11.1 Å². The standard InChI is InChI=1S/C12H20N2O2/c13-12-4-2-11(8-12,3-5-12)10(15)14-9-1-6-16-7-9/h9H,1-8,13H2,(H,14,15). The lowest BCUT2D eigenvalue weighted by molar-refractivity contribution is -0.131. The molecule has 4 heteroatoms. The summed E-state index contributed by atoms with van der Waals surface area (Å²) in [5, 5.41) is 3.14. The Labute approximate surface area is 95.9 Å². The molecular formula is C12H20N2O2. The number of ether oxygens (including phenoxy) is 1. The van der Waals surface area contributed by atoms with Crippen LogP contribution in [0.15, 0.2) is 0 Å². The Kier molecular flexibility index (Phi) is 2.27. The van der Waals surface area contributed by atoms with Crippen molar-refractivity contribution in [1.82, 2.24) is 5.32 Å². The topological polar surface area (TPSA) is 64.4 Å². The van der Waals surface area contributed by atoms with E-state index in [0.29, 0.717) is 6.61 Å². The van der Waals surface area contributed by atoms with Crippen LogP contribution < -0.4 is 11.1 Å². The van der Waals surface area contributed by atoms with Crippen LogP contribution in [0.4, 0.5) is 0 Å². The molecule has 3 aliphatic rings. The van der Waals surface area contributed by atoms with Crippen LogP contribution in [0, 0.1) is 5.41 Å². The molecule has 1 amide bonds. The summed E-state index contributed by atoms with van der Waals surface area (Å²) in [5.41, 5.74) is 6.05. The van der Waals surface area contributed by atoms with Gasteiger partial charge in [0.15, 0.2) is 0 Å². The third kappa shape index (κ3) is 1.55. The smallest absolute Gasteiger partial charge is 0.226 e. The van der Waals surface area contributed by atoms with Crippen molar-refractivity contribution in [3.63, 3.8) is 0 Å². The number of amides is 1. The fourth-order valence-electron chi connectivity index (χ4n) is 3.55. The second kappa shape index (κ2) is 3.44. The predicted molar refractivity (Wildman–Crippen MR) is 59.8 cm³/mol. The van der Waals surface area contributed by atoms with E-state index in [1.807, 2.05) is 0 Å². The zero-order chi connectivity index (χ0) is 11.2. The monoisotopic (exact) mass is 224 g/mol. The highest BCUT2D eigenvalue weighted by atomic mass is 16.5. The summed E-state index contributed by atoms with van der Waals surface area (Å²) in [7, 11) is 0. The minimum Gasteiger partial charge on any atom is -0.379 e. The van der Waals surface area contributed by atoms with Crippen LogP contribution in [0.1, 0.15) is 38.5 Å². The molecule has 0 aromatic heterocycles. The zero-order valence-corrected chi connectivity index (χ0v) is 9.63. The van der Waals surface area contributed by atoms with Crippen molar-refractivity contribution in [1.29, 1.82) is 0 Å². The van der Waals surface area contributed by atoms with Gasteiger partial charge in [0, 0.05) is 12.1 Å². The molecule has 0 aromatic carbocycles. The van der Waals surface area contributed by atoms with Crippen molar-refractivity contribution in [2.45, 2.75) is 50.1 Å². The Hall–Kier alpha value is -0.610. The average molecular weight is 224 g/mol. The third-order valence-electron chi connectivity index (χ3n) is 4.64. The Bertz CT molecular complexity index is 302. The fourth-order valence-corrected chi connectivity index (χ4v) is 3.55. The first-order chi connectivity index (χ1) is 7.62. The molecule has 90 valence electrons. The van der Waals surface area contributed by atoms with Gasteiger partial charge in [-0.3, -0.25) is 4.79 Å². The molecule has 2 saturated carbocycles. The molecule has 1 unspecified atom stereocenters. The van der Waals surface area contributed by atoms with Crippen LogP contribution >= 0.6 is 0 Å². The molecule has 3 fully saturated rings. The number of carbonyl (C=O) groups excluding carboxylic acids is 1. The van der Waals surface area contributed by atoms with Crippen molar-refractivity contribution >= 4 is 5.91 Å². The summed E-state index contributed by atoms with van der Waals surface area (Å²) in [6.45, 7) is 1.45. The van der Waals surface area contributed by atoms with Gasteiger partial charge in [-0.05, 0) is 38.5 Å². The average Bonchev–Trinajstić information content (AvgIpc) is 2.91. The maximum absolute atomic E-state index is 12.3. The first kappa shape index (κ1) is 10.5. The Balaban J connectivity index is 1.66. The Morgan fingerprint density at radius 3 is 2.56 bits per heavy atom. The highest BCUT2D eigenvalue weighted by Crippen LogP contribution is 2.55. The van der Waals surface area contributed by atoms with E-state index in [0.717, 1.165) is 45.1 Å². The van der Waals surface area contributed by atoms with E-state index in [4.69, 9.17) is 10.5 Å². The highest BCUT2D eigenvalue weighted by Gasteiger charge is 2.56. The Morgan fingerprint density at radius 1 is 1.31 bits per heavy atom. The number of hydrogen-bond acceptors (Lipinski definition) is 3. The van der Waals surface area contributed by atoms with Gasteiger partial charge >= 0.3 is 0 Å². The van der Waals surface area contributed by atoms with Gasteiger partial charge in [0.05, 0.1) is 18.1 Å². The summed E-state index contributed by atoms with van der Waals surface area (Å²) in [6, 6.07) is 0.232. The molecule has 3 rings (SSSR count). The summed E-state index contributed by atoms with van der Waals surface area (Å²) in [5.74, 6) is 0.229. The van der Waals surface area contributed by atoms with Gasteiger partial charge in [0.1, 0.15) is 0 Å². The van der Waals surface area contributed by atoms with E-state index in [-0.39, 0.29) is 22.9 Å². The molecule has 0 aromatic rings. The van der Waals surface area contributed by atoms with Crippen molar-refractivity contribution in [2.75, 3.05) is 13.2 Å². The van der Waals surface area contributed by atoms with Gasteiger partial charge in [-0.2, -0.15) is 0 Å². The molecule has 16 heavy (non-hydrogen) atoms. The minimum atomic E-state index is -0.142. The zero-order valence-electron chi connectivity index (χ0n) is 9.63. The fraction of sp³-hybridized carbons (Fsp3) is 0.917. The van der Waals surface area contributed by atoms with Crippen LogP contribution in [0.25, 0.3) is 0 Å². The number of nitrogens with two attached hydrogens (primary N) is 1. The summed E-state index contributed by atoms with van der Waals surface area (Å²) in [6.07, 6.45) is 5.82. The summed E-state index contributed by atoms with van der Waals surface area (Å²) < 4.78 is 5.28. The van der Waals surface area contributed by atoms with Gasteiger partial charge < -0.3 is 15.8 Å². The lowest BCUT2D eigenvalue weighted by Crippen LogP contribution is -2.44. The SMILES string of the molecule is NC12CCC(C(=O)NC3CCOC3)(CC1)C2. The van der Waals surface area contributed by atoms with Crippen molar-refractivity contribution < 1.29 is 9.53 Å². The number of nitrogens with one attached hydrogen (secondary N) is 1. The van der Waals surface area contributed by atoms with Gasteiger partial charge in [-0.25, -0.2) is 0 Å². The molecule has 0 radical (unpaired) electrons. The van der Waals surface area contributed by atoms with Gasteiger partial charge in [-0.1, -0.05) is 0 Å². The first-order valence-electron chi connectivity index (χ1n) is 6.30. The molecule has 4 nitrogen and oxygen atoms in total. The maximum Gasteiger partial charge on any atom is 0.226 e. The molecular weight excluding hydrogens is 204 g/mol. The van der Waals surface area contributed by atoms with Crippen LogP contribution in [-0.2, 0) is 9.53 Å². The molecule has 1 heterocycles. The number of hydrogen-bond donors (Lipinski definition) is 2.